The van der Waals surface area contributed by atoms with Crippen molar-refractivity contribution in [3.05, 3.63) is 149 Å². The molecule has 200 valence electrons. The predicted molar refractivity (Wildman–Crippen MR) is 146 cm³/mol. The monoisotopic (exact) mass is 700 g/mol. The zero-order valence-corrected chi connectivity index (χ0v) is 26.0. The summed E-state index contributed by atoms with van der Waals surface area (Å²) in [6, 6.07) is 34.3. The summed E-state index contributed by atoms with van der Waals surface area (Å²) in [6.45, 7) is 5.71. The molecule has 7 heteroatoms. The molecule has 0 fully saturated rings. The summed E-state index contributed by atoms with van der Waals surface area (Å²) < 4.78 is 0. The molecule has 0 spiro atoms. The minimum absolute atomic E-state index is 0. The van der Waals surface area contributed by atoms with E-state index in [9.17, 15) is 29.7 Å². The number of hydrogen-bond acceptors (Lipinski definition) is 6. The standard InChI is InChI=1S/C9H7.3C8H8O2.Hf/c1-2-5-9-7-3-6-8(9)4-1;3*1-6-2-4-7(5-3-6)8(9)10;/h1-7H;3*2-5H,1H3,(H,9,10);/q-1;;;;+4/p-3. The Balaban J connectivity index is 0.000000265. The van der Waals surface area contributed by atoms with Gasteiger partial charge in [-0.3, -0.25) is 0 Å². The Bertz CT molecular complexity index is 1320. The molecular weight excluding hydrogens is 671 g/mol. The quantitative estimate of drug-likeness (QED) is 0.210. The van der Waals surface area contributed by atoms with Crippen LogP contribution in [0.25, 0.3) is 10.8 Å². The summed E-state index contributed by atoms with van der Waals surface area (Å²) in [5.41, 5.74) is 3.82. The van der Waals surface area contributed by atoms with Crippen molar-refractivity contribution in [1.29, 1.82) is 0 Å². The zero-order valence-electron chi connectivity index (χ0n) is 22.4. The average molecular weight is 699 g/mol. The first-order chi connectivity index (χ1) is 18.6. The second-order valence-electron chi connectivity index (χ2n) is 8.62. The number of aromatic carboxylic acids is 3. The largest absolute Gasteiger partial charge is 4.00 e. The maximum absolute atomic E-state index is 10.2. The van der Waals surface area contributed by atoms with Crippen molar-refractivity contribution in [3.8, 4) is 0 Å². The van der Waals surface area contributed by atoms with Crippen molar-refractivity contribution in [1.82, 2.24) is 0 Å². The van der Waals surface area contributed by atoms with Crippen LogP contribution in [0.3, 0.4) is 0 Å². The van der Waals surface area contributed by atoms with Crippen LogP contribution in [-0.4, -0.2) is 17.9 Å². The molecule has 0 aliphatic rings. The smallest absolute Gasteiger partial charge is 0.545 e. The third-order valence-electron chi connectivity index (χ3n) is 5.41. The third-order valence-corrected chi connectivity index (χ3v) is 5.41. The van der Waals surface area contributed by atoms with E-state index in [4.69, 9.17) is 0 Å². The summed E-state index contributed by atoms with van der Waals surface area (Å²) in [6.07, 6.45) is 0. The summed E-state index contributed by atoms with van der Waals surface area (Å²) >= 11 is 0. The van der Waals surface area contributed by atoms with Gasteiger partial charge in [0.25, 0.3) is 0 Å². The molecule has 0 saturated heterocycles. The van der Waals surface area contributed by atoms with Gasteiger partial charge < -0.3 is 29.7 Å². The summed E-state index contributed by atoms with van der Waals surface area (Å²) in [7, 11) is 0. The van der Waals surface area contributed by atoms with Gasteiger partial charge in [-0.05, 0) is 37.5 Å². The van der Waals surface area contributed by atoms with Gasteiger partial charge in [-0.2, -0.15) is 17.5 Å². The molecule has 5 aromatic carbocycles. The molecule has 0 saturated carbocycles. The molecule has 0 atom stereocenters. The van der Waals surface area contributed by atoms with Gasteiger partial charge in [-0.25, -0.2) is 0 Å². The van der Waals surface area contributed by atoms with Crippen molar-refractivity contribution in [3.63, 3.8) is 0 Å². The first-order valence-electron chi connectivity index (χ1n) is 12.0. The van der Waals surface area contributed by atoms with Crippen molar-refractivity contribution in [2.75, 3.05) is 0 Å². The number of benzene rings is 4. The molecule has 0 amide bonds. The molecule has 0 aliphatic carbocycles. The van der Waals surface area contributed by atoms with Crippen LogP contribution in [-0.2, 0) is 25.8 Å². The molecule has 6 nitrogen and oxygen atoms in total. The fraction of sp³-hybridized carbons (Fsp3) is 0.0909. The van der Waals surface area contributed by atoms with Crippen LogP contribution in [0.5, 0.6) is 0 Å². The van der Waals surface area contributed by atoms with Crippen LogP contribution in [0.4, 0.5) is 0 Å². The molecule has 0 aromatic heterocycles. The maximum Gasteiger partial charge on any atom is 4.00 e. The predicted octanol–water partition coefficient (Wildman–Crippen LogP) is 3.63. The van der Waals surface area contributed by atoms with E-state index in [2.05, 4.69) is 42.5 Å². The van der Waals surface area contributed by atoms with Gasteiger partial charge in [-0.15, -0.1) is 29.7 Å². The minimum Gasteiger partial charge on any atom is -0.545 e. The van der Waals surface area contributed by atoms with Gasteiger partial charge in [-0.1, -0.05) is 95.6 Å². The van der Waals surface area contributed by atoms with Crippen LogP contribution in [0.1, 0.15) is 47.8 Å². The first kappa shape index (κ1) is 33.8. The van der Waals surface area contributed by atoms with E-state index in [1.54, 1.807) is 36.4 Å². The fourth-order valence-corrected chi connectivity index (χ4v) is 3.14. The Labute approximate surface area is 252 Å². The van der Waals surface area contributed by atoms with Crippen LogP contribution in [0.15, 0.2) is 115 Å². The average Bonchev–Trinajstić information content (AvgIpc) is 3.40. The van der Waals surface area contributed by atoms with Crippen molar-refractivity contribution < 1.29 is 55.5 Å². The SMILES string of the molecule is Cc1ccc(C(=O)[O-])cc1.Cc1ccc(C(=O)[O-])cc1.Cc1ccc(C(=O)[O-])cc1.[Hf+4].c1ccc2[cH-]ccc2c1. The van der Waals surface area contributed by atoms with E-state index in [1.165, 1.54) is 47.2 Å². The number of rotatable bonds is 3. The molecule has 5 rings (SSSR count). The topological polar surface area (TPSA) is 120 Å². The fourth-order valence-electron chi connectivity index (χ4n) is 3.14. The van der Waals surface area contributed by atoms with E-state index >= 15 is 0 Å². The number of carboxylic acid groups (broad SMARTS) is 3. The number of carboxylic acids is 3. The Morgan fingerprint density at radius 2 is 0.825 bits per heavy atom. The van der Waals surface area contributed by atoms with E-state index in [0.717, 1.165) is 16.7 Å². The molecule has 0 aliphatic heterocycles. The van der Waals surface area contributed by atoms with Gasteiger partial charge in [0.15, 0.2) is 0 Å². The van der Waals surface area contributed by atoms with Crippen molar-refractivity contribution >= 4 is 28.7 Å². The molecule has 0 radical (unpaired) electrons. The number of aryl methyl sites for hydroxylation is 3. The van der Waals surface area contributed by atoms with E-state index in [0.29, 0.717) is 0 Å². The first-order valence-corrected chi connectivity index (χ1v) is 12.0. The van der Waals surface area contributed by atoms with Crippen molar-refractivity contribution in [2.45, 2.75) is 20.8 Å². The summed E-state index contributed by atoms with van der Waals surface area (Å²) in [5, 5.41) is 33.3. The van der Waals surface area contributed by atoms with Crippen LogP contribution in [0.2, 0.25) is 0 Å². The Hall–Kier alpha value is -4.23. The number of carbonyl (C=O) groups excluding carboxylic acids is 3. The summed E-state index contributed by atoms with van der Waals surface area (Å²) in [5.74, 6) is -3.37. The Morgan fingerprint density at radius 3 is 1.12 bits per heavy atom. The van der Waals surface area contributed by atoms with Crippen molar-refractivity contribution in [2.24, 2.45) is 0 Å². The Kier molecular flexibility index (Phi) is 14.7. The zero-order chi connectivity index (χ0) is 28.8. The molecule has 40 heavy (non-hydrogen) atoms. The van der Waals surface area contributed by atoms with E-state index in [-0.39, 0.29) is 42.5 Å². The minimum atomic E-state index is -1.12. The van der Waals surface area contributed by atoms with E-state index < -0.39 is 17.9 Å². The maximum atomic E-state index is 10.2. The summed E-state index contributed by atoms with van der Waals surface area (Å²) in [4.78, 5) is 30.6. The number of carbonyl (C=O) groups is 3. The van der Waals surface area contributed by atoms with Crippen LogP contribution >= 0.6 is 0 Å². The second-order valence-corrected chi connectivity index (χ2v) is 8.62. The van der Waals surface area contributed by atoms with Crippen LogP contribution in [0, 0.1) is 20.8 Å². The Morgan fingerprint density at radius 1 is 0.500 bits per heavy atom. The van der Waals surface area contributed by atoms with Gasteiger partial charge >= 0.3 is 25.8 Å². The molecule has 0 heterocycles. The van der Waals surface area contributed by atoms with Gasteiger partial charge in [0.2, 0.25) is 0 Å². The molecule has 0 unspecified atom stereocenters. The third kappa shape index (κ3) is 12.1. The molecular formula is C33H28HfO6. The van der Waals surface area contributed by atoms with Gasteiger partial charge in [0.1, 0.15) is 0 Å². The van der Waals surface area contributed by atoms with Crippen LogP contribution < -0.4 is 15.3 Å². The number of fused-ring (bicyclic) bond motifs is 1. The molecule has 0 bridgehead atoms. The normalized spacial score (nSPS) is 9.28. The van der Waals surface area contributed by atoms with Gasteiger partial charge in [0, 0.05) is 0 Å². The molecule has 5 aromatic rings. The second kappa shape index (κ2) is 17.4. The number of hydrogen-bond donors (Lipinski definition) is 0. The van der Waals surface area contributed by atoms with E-state index in [1.807, 2.05) is 20.8 Å². The van der Waals surface area contributed by atoms with Gasteiger partial charge in [0.05, 0.1) is 17.9 Å². The molecule has 0 N–H and O–H groups in total.